The lowest BCUT2D eigenvalue weighted by atomic mass is 10.1. The van der Waals surface area contributed by atoms with E-state index in [1.807, 2.05) is 13.8 Å². The minimum atomic E-state index is -1.33. The molecule has 0 fully saturated rings. The fourth-order valence-corrected chi connectivity index (χ4v) is 2.22. The molecule has 4 N–H and O–H groups in total. The summed E-state index contributed by atoms with van der Waals surface area (Å²) in [5, 5.41) is 21.6. The molecule has 0 aliphatic rings. The van der Waals surface area contributed by atoms with Crippen molar-refractivity contribution < 1.29 is 19.8 Å². The number of amides is 1. The van der Waals surface area contributed by atoms with Crippen molar-refractivity contribution in [1.29, 1.82) is 0 Å². The Morgan fingerprint density at radius 3 is 2.52 bits per heavy atom. The van der Waals surface area contributed by atoms with E-state index >= 15 is 0 Å². The number of aliphatic hydroxyl groups excluding tert-OH is 1. The Kier molecular flexibility index (Phi) is 3.99. The van der Waals surface area contributed by atoms with Crippen LogP contribution in [0.15, 0.2) is 18.2 Å². The number of nitrogens with one attached hydrogen (secondary N) is 2. The molecule has 0 radical (unpaired) electrons. The summed E-state index contributed by atoms with van der Waals surface area (Å²) < 4.78 is 0. The average Bonchev–Trinajstić information content (AvgIpc) is 2.70. The zero-order valence-electron chi connectivity index (χ0n) is 12.1. The van der Waals surface area contributed by atoms with Gasteiger partial charge >= 0.3 is 5.97 Å². The lowest BCUT2D eigenvalue weighted by molar-refractivity contribution is -0.141. The quantitative estimate of drug-likeness (QED) is 0.682. The van der Waals surface area contributed by atoms with Gasteiger partial charge < -0.3 is 20.5 Å². The van der Waals surface area contributed by atoms with Crippen molar-refractivity contribution in [3.05, 3.63) is 35.0 Å². The predicted molar refractivity (Wildman–Crippen MR) is 78.3 cm³/mol. The van der Waals surface area contributed by atoms with Crippen molar-refractivity contribution in [1.82, 2.24) is 10.3 Å². The maximum atomic E-state index is 12.1. The molecule has 0 saturated carbocycles. The standard InChI is InChI=1S/C15H18N2O4/c1-7-8(2)16-12-5-4-10(6-11(7)12)14(19)17-13(9(3)18)15(20)21/h4-6,9,13,16,18H,1-3H3,(H,17,19)(H,20,21). The highest BCUT2D eigenvalue weighted by molar-refractivity contribution is 6.00. The summed E-state index contributed by atoms with van der Waals surface area (Å²) in [5.74, 6) is -1.79. The molecule has 1 amide bonds. The van der Waals surface area contributed by atoms with E-state index in [1.165, 1.54) is 6.92 Å². The molecular weight excluding hydrogens is 272 g/mol. The molecule has 1 heterocycles. The third-order valence-electron chi connectivity index (χ3n) is 3.61. The van der Waals surface area contributed by atoms with Gasteiger partial charge in [0.05, 0.1) is 6.10 Å². The van der Waals surface area contributed by atoms with Gasteiger partial charge in [0.2, 0.25) is 0 Å². The van der Waals surface area contributed by atoms with Crippen LogP contribution in [0.1, 0.15) is 28.5 Å². The second-order valence-corrected chi connectivity index (χ2v) is 5.17. The maximum absolute atomic E-state index is 12.1. The van der Waals surface area contributed by atoms with Crippen LogP contribution in [0.4, 0.5) is 0 Å². The van der Waals surface area contributed by atoms with Crippen LogP contribution in [0, 0.1) is 13.8 Å². The molecule has 0 aliphatic heterocycles. The highest BCUT2D eigenvalue weighted by Gasteiger charge is 2.25. The Bertz CT molecular complexity index is 703. The molecule has 1 aromatic heterocycles. The Morgan fingerprint density at radius 1 is 1.29 bits per heavy atom. The van der Waals surface area contributed by atoms with Gasteiger partial charge in [-0.15, -0.1) is 0 Å². The van der Waals surface area contributed by atoms with Gasteiger partial charge in [0.1, 0.15) is 0 Å². The molecule has 0 bridgehead atoms. The molecular formula is C15H18N2O4. The number of hydrogen-bond acceptors (Lipinski definition) is 3. The van der Waals surface area contributed by atoms with E-state index < -0.39 is 24.0 Å². The Balaban J connectivity index is 2.31. The van der Waals surface area contributed by atoms with E-state index in [0.29, 0.717) is 5.56 Å². The summed E-state index contributed by atoms with van der Waals surface area (Å²) in [5.41, 5.74) is 3.35. The number of aromatic amines is 1. The molecule has 0 saturated heterocycles. The second kappa shape index (κ2) is 5.57. The normalized spacial score (nSPS) is 13.9. The number of benzene rings is 1. The summed E-state index contributed by atoms with van der Waals surface area (Å²) in [4.78, 5) is 26.3. The molecule has 0 aliphatic carbocycles. The molecule has 112 valence electrons. The number of H-pyrrole nitrogens is 1. The number of carbonyl (C=O) groups is 2. The zero-order valence-corrected chi connectivity index (χ0v) is 12.1. The first-order valence-corrected chi connectivity index (χ1v) is 6.62. The number of aryl methyl sites for hydroxylation is 2. The topological polar surface area (TPSA) is 102 Å². The number of rotatable bonds is 4. The number of carboxylic acid groups (broad SMARTS) is 1. The lowest BCUT2D eigenvalue weighted by Crippen LogP contribution is -2.47. The van der Waals surface area contributed by atoms with Crippen molar-refractivity contribution in [2.75, 3.05) is 0 Å². The SMILES string of the molecule is Cc1[nH]c2ccc(C(=O)NC(C(=O)O)C(C)O)cc2c1C. The lowest BCUT2D eigenvalue weighted by Gasteiger charge is -2.17. The van der Waals surface area contributed by atoms with Crippen LogP contribution in [0.3, 0.4) is 0 Å². The molecule has 2 atom stereocenters. The smallest absolute Gasteiger partial charge is 0.328 e. The van der Waals surface area contributed by atoms with Crippen molar-refractivity contribution in [3.8, 4) is 0 Å². The van der Waals surface area contributed by atoms with E-state index in [9.17, 15) is 14.7 Å². The van der Waals surface area contributed by atoms with Gasteiger partial charge in [0.15, 0.2) is 6.04 Å². The number of aromatic nitrogens is 1. The van der Waals surface area contributed by atoms with E-state index in [-0.39, 0.29) is 0 Å². The van der Waals surface area contributed by atoms with E-state index in [2.05, 4.69) is 10.3 Å². The van der Waals surface area contributed by atoms with Crippen LogP contribution in [0.2, 0.25) is 0 Å². The number of hydrogen-bond donors (Lipinski definition) is 4. The maximum Gasteiger partial charge on any atom is 0.328 e. The third-order valence-corrected chi connectivity index (χ3v) is 3.61. The van der Waals surface area contributed by atoms with E-state index in [0.717, 1.165) is 22.2 Å². The van der Waals surface area contributed by atoms with E-state index in [1.54, 1.807) is 18.2 Å². The molecule has 2 aromatic rings. The van der Waals surface area contributed by atoms with Crippen LogP contribution in [-0.2, 0) is 4.79 Å². The largest absolute Gasteiger partial charge is 0.480 e. The molecule has 6 heteroatoms. The van der Waals surface area contributed by atoms with Gasteiger partial charge in [-0.25, -0.2) is 4.79 Å². The zero-order chi connectivity index (χ0) is 15.7. The highest BCUT2D eigenvalue weighted by atomic mass is 16.4. The van der Waals surface area contributed by atoms with Gasteiger partial charge in [-0.05, 0) is 44.5 Å². The predicted octanol–water partition coefficient (Wildman–Crippen LogP) is 1.35. The van der Waals surface area contributed by atoms with Gasteiger partial charge in [0.25, 0.3) is 5.91 Å². The monoisotopic (exact) mass is 290 g/mol. The molecule has 6 nitrogen and oxygen atoms in total. The average molecular weight is 290 g/mol. The van der Waals surface area contributed by atoms with Gasteiger partial charge in [-0.3, -0.25) is 4.79 Å². The van der Waals surface area contributed by atoms with Gasteiger partial charge in [0, 0.05) is 22.2 Å². The minimum absolute atomic E-state index is 0.358. The Labute approximate surface area is 121 Å². The first-order chi connectivity index (χ1) is 9.81. The van der Waals surface area contributed by atoms with E-state index in [4.69, 9.17) is 5.11 Å². The molecule has 2 rings (SSSR count). The van der Waals surface area contributed by atoms with Crippen LogP contribution < -0.4 is 5.32 Å². The molecule has 1 aromatic carbocycles. The summed E-state index contributed by atoms with van der Waals surface area (Å²) >= 11 is 0. The van der Waals surface area contributed by atoms with Crippen molar-refractivity contribution in [2.45, 2.75) is 32.9 Å². The summed E-state index contributed by atoms with van der Waals surface area (Å²) in [6, 6.07) is 3.78. The van der Waals surface area contributed by atoms with Crippen LogP contribution >= 0.6 is 0 Å². The summed E-state index contributed by atoms with van der Waals surface area (Å²) in [6.45, 7) is 5.22. The van der Waals surface area contributed by atoms with Crippen molar-refractivity contribution >= 4 is 22.8 Å². The van der Waals surface area contributed by atoms with Crippen LogP contribution in [0.5, 0.6) is 0 Å². The highest BCUT2D eigenvalue weighted by Crippen LogP contribution is 2.22. The van der Waals surface area contributed by atoms with Crippen molar-refractivity contribution in [3.63, 3.8) is 0 Å². The molecule has 0 spiro atoms. The minimum Gasteiger partial charge on any atom is -0.480 e. The van der Waals surface area contributed by atoms with Crippen molar-refractivity contribution in [2.24, 2.45) is 0 Å². The fraction of sp³-hybridized carbons (Fsp3) is 0.333. The number of aliphatic hydroxyl groups is 1. The molecule has 21 heavy (non-hydrogen) atoms. The first-order valence-electron chi connectivity index (χ1n) is 6.62. The number of carbonyl (C=O) groups excluding carboxylic acids is 1. The van der Waals surface area contributed by atoms with Gasteiger partial charge in [-0.1, -0.05) is 0 Å². The number of fused-ring (bicyclic) bond motifs is 1. The number of aliphatic carboxylic acids is 1. The Morgan fingerprint density at radius 2 is 1.95 bits per heavy atom. The van der Waals surface area contributed by atoms with Crippen LogP contribution in [-0.4, -0.2) is 39.2 Å². The second-order valence-electron chi connectivity index (χ2n) is 5.17. The third kappa shape index (κ3) is 2.90. The first kappa shape index (κ1) is 15.1. The van der Waals surface area contributed by atoms with Crippen LogP contribution in [0.25, 0.3) is 10.9 Å². The summed E-state index contributed by atoms with van der Waals surface area (Å²) in [6.07, 6.45) is -1.17. The molecule has 2 unspecified atom stereocenters. The fourth-order valence-electron chi connectivity index (χ4n) is 2.22. The van der Waals surface area contributed by atoms with Gasteiger partial charge in [-0.2, -0.15) is 0 Å². The number of carboxylic acids is 1. The Hall–Kier alpha value is -2.34. The summed E-state index contributed by atoms with van der Waals surface area (Å²) in [7, 11) is 0.